The highest BCUT2D eigenvalue weighted by atomic mass is 16.5. The number of benzene rings is 1. The minimum Gasteiger partial charge on any atom is -0.481 e. The Kier molecular flexibility index (Phi) is 8.21. The summed E-state index contributed by atoms with van der Waals surface area (Å²) >= 11 is 0. The van der Waals surface area contributed by atoms with E-state index in [1.54, 1.807) is 0 Å². The molecule has 1 aliphatic rings. The SMILES string of the molecule is O=C(O)CCN1CCN(CCCNC(=O)OCc2ccccc2)CC1. The number of amides is 1. The highest BCUT2D eigenvalue weighted by molar-refractivity contribution is 5.67. The lowest BCUT2D eigenvalue weighted by Gasteiger charge is -2.34. The quantitative estimate of drug-likeness (QED) is 0.656. The van der Waals surface area contributed by atoms with Gasteiger partial charge in [-0.3, -0.25) is 4.79 Å². The van der Waals surface area contributed by atoms with Gasteiger partial charge in [0, 0.05) is 39.3 Å². The Morgan fingerprint density at radius 1 is 1.04 bits per heavy atom. The summed E-state index contributed by atoms with van der Waals surface area (Å²) in [5.74, 6) is -0.743. The molecule has 1 aromatic rings. The number of hydrogen-bond acceptors (Lipinski definition) is 5. The smallest absolute Gasteiger partial charge is 0.407 e. The third-order valence-corrected chi connectivity index (χ3v) is 4.24. The number of carboxylic acids is 1. The van der Waals surface area contributed by atoms with E-state index in [0.29, 0.717) is 13.1 Å². The lowest BCUT2D eigenvalue weighted by Crippen LogP contribution is -2.47. The topological polar surface area (TPSA) is 82.1 Å². The molecule has 0 unspecified atom stereocenters. The van der Waals surface area contributed by atoms with Gasteiger partial charge < -0.3 is 25.0 Å². The number of ether oxygens (including phenoxy) is 1. The number of alkyl carbamates (subject to hydrolysis) is 1. The van der Waals surface area contributed by atoms with Gasteiger partial charge >= 0.3 is 12.1 Å². The summed E-state index contributed by atoms with van der Waals surface area (Å²) in [4.78, 5) is 26.7. The molecular formula is C18H27N3O4. The van der Waals surface area contributed by atoms with Crippen LogP contribution in [-0.2, 0) is 16.1 Å². The molecule has 0 spiro atoms. The van der Waals surface area contributed by atoms with Gasteiger partial charge in [0.1, 0.15) is 6.61 Å². The molecule has 1 heterocycles. The molecule has 1 amide bonds. The second kappa shape index (κ2) is 10.7. The van der Waals surface area contributed by atoms with E-state index in [1.165, 1.54) is 0 Å². The van der Waals surface area contributed by atoms with E-state index in [-0.39, 0.29) is 19.1 Å². The summed E-state index contributed by atoms with van der Waals surface area (Å²) < 4.78 is 5.16. The molecule has 1 aromatic carbocycles. The first kappa shape index (κ1) is 19.2. The first-order valence-corrected chi connectivity index (χ1v) is 8.74. The van der Waals surface area contributed by atoms with Gasteiger partial charge in [-0.15, -0.1) is 0 Å². The van der Waals surface area contributed by atoms with E-state index in [2.05, 4.69) is 15.1 Å². The number of rotatable bonds is 9. The molecule has 0 aromatic heterocycles. The number of nitrogens with zero attached hydrogens (tertiary/aromatic N) is 2. The van der Waals surface area contributed by atoms with Gasteiger partial charge in [-0.05, 0) is 18.5 Å². The number of carbonyl (C=O) groups excluding carboxylic acids is 1. The van der Waals surface area contributed by atoms with Crippen LogP contribution >= 0.6 is 0 Å². The van der Waals surface area contributed by atoms with Crippen molar-refractivity contribution in [1.82, 2.24) is 15.1 Å². The van der Waals surface area contributed by atoms with Gasteiger partial charge in [-0.1, -0.05) is 30.3 Å². The molecular weight excluding hydrogens is 322 g/mol. The predicted octanol–water partition coefficient (Wildman–Crippen LogP) is 1.40. The van der Waals surface area contributed by atoms with Crippen molar-refractivity contribution in [2.24, 2.45) is 0 Å². The lowest BCUT2D eigenvalue weighted by molar-refractivity contribution is -0.137. The van der Waals surface area contributed by atoms with Crippen molar-refractivity contribution >= 4 is 12.1 Å². The Hall–Kier alpha value is -2.12. The summed E-state index contributed by atoms with van der Waals surface area (Å²) in [6, 6.07) is 9.60. The van der Waals surface area contributed by atoms with Gasteiger partial charge in [-0.2, -0.15) is 0 Å². The van der Waals surface area contributed by atoms with Gasteiger partial charge in [0.2, 0.25) is 0 Å². The molecule has 0 atom stereocenters. The van der Waals surface area contributed by atoms with Crippen molar-refractivity contribution < 1.29 is 19.4 Å². The predicted molar refractivity (Wildman–Crippen MR) is 94.4 cm³/mol. The fourth-order valence-electron chi connectivity index (χ4n) is 2.76. The zero-order chi connectivity index (χ0) is 17.9. The minimum absolute atomic E-state index is 0.203. The monoisotopic (exact) mass is 349 g/mol. The summed E-state index contributed by atoms with van der Waals surface area (Å²) in [6.45, 7) is 6.11. The Bertz CT molecular complexity index is 530. The van der Waals surface area contributed by atoms with Gasteiger partial charge in [0.25, 0.3) is 0 Å². The number of hydrogen-bond donors (Lipinski definition) is 2. The third-order valence-electron chi connectivity index (χ3n) is 4.24. The van der Waals surface area contributed by atoms with Crippen molar-refractivity contribution in [2.75, 3.05) is 45.8 Å². The fraction of sp³-hybridized carbons (Fsp3) is 0.556. The van der Waals surface area contributed by atoms with Gasteiger partial charge in [-0.25, -0.2) is 4.79 Å². The normalized spacial score (nSPS) is 15.7. The maximum atomic E-state index is 11.6. The molecule has 1 fully saturated rings. The van der Waals surface area contributed by atoms with Crippen LogP contribution in [0.1, 0.15) is 18.4 Å². The van der Waals surface area contributed by atoms with E-state index >= 15 is 0 Å². The largest absolute Gasteiger partial charge is 0.481 e. The van der Waals surface area contributed by atoms with Crippen LogP contribution in [0.15, 0.2) is 30.3 Å². The van der Waals surface area contributed by atoms with E-state index in [1.807, 2.05) is 30.3 Å². The molecule has 0 aliphatic carbocycles. The zero-order valence-electron chi connectivity index (χ0n) is 14.5. The molecule has 25 heavy (non-hydrogen) atoms. The van der Waals surface area contributed by atoms with Crippen LogP contribution < -0.4 is 5.32 Å². The number of piperazine rings is 1. The van der Waals surface area contributed by atoms with Crippen molar-refractivity contribution in [3.8, 4) is 0 Å². The fourth-order valence-corrected chi connectivity index (χ4v) is 2.76. The highest BCUT2D eigenvalue weighted by Gasteiger charge is 2.16. The van der Waals surface area contributed by atoms with E-state index < -0.39 is 5.97 Å². The second-order valence-corrected chi connectivity index (χ2v) is 6.17. The molecule has 7 heteroatoms. The summed E-state index contributed by atoms with van der Waals surface area (Å²) in [6.07, 6.45) is 0.687. The van der Waals surface area contributed by atoms with E-state index in [0.717, 1.165) is 44.7 Å². The molecule has 0 saturated carbocycles. The lowest BCUT2D eigenvalue weighted by atomic mass is 10.2. The van der Waals surface area contributed by atoms with Crippen molar-refractivity contribution in [1.29, 1.82) is 0 Å². The van der Waals surface area contributed by atoms with Crippen LogP contribution in [0, 0.1) is 0 Å². The maximum Gasteiger partial charge on any atom is 0.407 e. The minimum atomic E-state index is -0.743. The standard InChI is InChI=1S/C18H27N3O4/c22-17(23)7-10-21-13-11-20(12-14-21)9-4-8-19-18(24)25-15-16-5-2-1-3-6-16/h1-3,5-6H,4,7-15H2,(H,19,24)(H,22,23). The van der Waals surface area contributed by atoms with E-state index in [4.69, 9.17) is 9.84 Å². The number of nitrogens with one attached hydrogen (secondary N) is 1. The first-order valence-electron chi connectivity index (χ1n) is 8.74. The second-order valence-electron chi connectivity index (χ2n) is 6.17. The van der Waals surface area contributed by atoms with Crippen LogP contribution in [0.3, 0.4) is 0 Å². The molecule has 1 saturated heterocycles. The van der Waals surface area contributed by atoms with E-state index in [9.17, 15) is 9.59 Å². The average molecular weight is 349 g/mol. The molecule has 0 radical (unpaired) electrons. The van der Waals surface area contributed by atoms with Crippen molar-refractivity contribution in [3.05, 3.63) is 35.9 Å². The number of aliphatic carboxylic acids is 1. The summed E-state index contributed by atoms with van der Waals surface area (Å²) in [5.41, 5.74) is 0.971. The van der Waals surface area contributed by atoms with Crippen molar-refractivity contribution in [2.45, 2.75) is 19.4 Å². The Morgan fingerprint density at radius 2 is 1.68 bits per heavy atom. The molecule has 7 nitrogen and oxygen atoms in total. The van der Waals surface area contributed by atoms with Crippen molar-refractivity contribution in [3.63, 3.8) is 0 Å². The average Bonchev–Trinajstić information content (AvgIpc) is 2.63. The Labute approximate surface area is 148 Å². The summed E-state index contributed by atoms with van der Waals surface area (Å²) in [7, 11) is 0. The van der Waals surface area contributed by atoms with Crippen LogP contribution in [-0.4, -0.2) is 72.8 Å². The zero-order valence-corrected chi connectivity index (χ0v) is 14.5. The Balaban J connectivity index is 1.49. The number of carboxylic acid groups (broad SMARTS) is 1. The first-order chi connectivity index (χ1) is 12.1. The summed E-state index contributed by atoms with van der Waals surface area (Å²) in [5, 5.41) is 11.5. The molecule has 1 aliphatic heterocycles. The molecule has 138 valence electrons. The van der Waals surface area contributed by atoms with Crippen LogP contribution in [0.25, 0.3) is 0 Å². The number of carbonyl (C=O) groups is 2. The van der Waals surface area contributed by atoms with Gasteiger partial charge in [0.15, 0.2) is 0 Å². The van der Waals surface area contributed by atoms with Crippen LogP contribution in [0.2, 0.25) is 0 Å². The molecule has 0 bridgehead atoms. The van der Waals surface area contributed by atoms with Crippen LogP contribution in [0.4, 0.5) is 4.79 Å². The van der Waals surface area contributed by atoms with Gasteiger partial charge in [0.05, 0.1) is 6.42 Å². The molecule has 2 N–H and O–H groups in total. The van der Waals surface area contributed by atoms with Crippen LogP contribution in [0.5, 0.6) is 0 Å². The Morgan fingerprint density at radius 3 is 2.32 bits per heavy atom. The molecule has 2 rings (SSSR count). The maximum absolute atomic E-state index is 11.6. The highest BCUT2D eigenvalue weighted by Crippen LogP contribution is 2.03. The third kappa shape index (κ3) is 8.00.